The van der Waals surface area contributed by atoms with Crippen molar-refractivity contribution in [1.82, 2.24) is 0 Å². The third-order valence-corrected chi connectivity index (χ3v) is 13.6. The van der Waals surface area contributed by atoms with Gasteiger partial charge in [-0.3, -0.25) is 0 Å². The van der Waals surface area contributed by atoms with Crippen LogP contribution in [0.1, 0.15) is 59.7 Å². The zero-order valence-electron chi connectivity index (χ0n) is 32.5. The fourth-order valence-corrected chi connectivity index (χ4v) is 11.3. The Hall–Kier alpha value is -6.70. The maximum absolute atomic E-state index is 2.56. The summed E-state index contributed by atoms with van der Waals surface area (Å²) in [7, 11) is 0. The van der Waals surface area contributed by atoms with Crippen LogP contribution in [-0.4, -0.2) is 0 Å². The topological polar surface area (TPSA) is 3.24 Å². The van der Waals surface area contributed by atoms with Gasteiger partial charge in [-0.05, 0) is 131 Å². The minimum Gasteiger partial charge on any atom is -0.310 e. The number of aryl methyl sites for hydroxylation is 1. The first kappa shape index (κ1) is 32.5. The summed E-state index contributed by atoms with van der Waals surface area (Å²) in [5, 5.41) is 5.16. The molecule has 1 atom stereocenters. The number of hydrogen-bond donors (Lipinski definition) is 0. The molecule has 0 N–H and O–H groups in total. The van der Waals surface area contributed by atoms with E-state index in [1.54, 1.807) is 0 Å². The normalized spacial score (nSPS) is 16.3. The molecule has 0 bridgehead atoms. The van der Waals surface area contributed by atoms with E-state index in [1.807, 2.05) is 0 Å². The van der Waals surface area contributed by atoms with Gasteiger partial charge < -0.3 is 4.90 Å². The zero-order valence-corrected chi connectivity index (χ0v) is 32.5. The van der Waals surface area contributed by atoms with Crippen LogP contribution >= 0.6 is 0 Å². The number of benzene rings is 9. The molecule has 9 aromatic carbocycles. The Bertz CT molecular complexity index is 3160. The number of anilines is 3. The maximum atomic E-state index is 2.56. The second kappa shape index (κ2) is 11.7. The van der Waals surface area contributed by atoms with Crippen molar-refractivity contribution < 1.29 is 0 Å². The summed E-state index contributed by atoms with van der Waals surface area (Å²) in [6, 6.07) is 69.1. The smallest absolute Gasteiger partial charge is 0.0729 e. The molecule has 1 unspecified atom stereocenters. The minimum atomic E-state index is -0.499. The lowest BCUT2D eigenvalue weighted by atomic mass is 9.60. The van der Waals surface area contributed by atoms with Crippen molar-refractivity contribution >= 4 is 38.6 Å². The Morgan fingerprint density at radius 2 is 0.947 bits per heavy atom. The number of nitrogens with zero attached hydrogens (tertiary/aromatic N) is 1. The second-order valence-corrected chi connectivity index (χ2v) is 16.7. The molecule has 1 heteroatoms. The predicted molar refractivity (Wildman–Crippen MR) is 239 cm³/mol. The van der Waals surface area contributed by atoms with E-state index in [1.165, 1.54) is 99.6 Å². The van der Waals surface area contributed by atoms with Gasteiger partial charge in [0.05, 0.1) is 11.1 Å². The molecule has 9 aromatic rings. The molecular weight excluding hydrogens is 687 g/mol. The third-order valence-electron chi connectivity index (χ3n) is 13.6. The fraction of sp³-hybridized carbons (Fsp3) is 0.107. The lowest BCUT2D eigenvalue weighted by molar-refractivity contribution is 0.661. The Labute approximate surface area is 334 Å². The first-order valence-corrected chi connectivity index (χ1v) is 20.4. The number of rotatable bonds is 4. The Morgan fingerprint density at radius 1 is 0.404 bits per heavy atom. The number of fused-ring (bicyclic) bond motifs is 13. The van der Waals surface area contributed by atoms with Crippen LogP contribution in [0.4, 0.5) is 17.1 Å². The molecule has 0 radical (unpaired) electrons. The van der Waals surface area contributed by atoms with Crippen LogP contribution < -0.4 is 4.90 Å². The number of hydrogen-bond acceptors (Lipinski definition) is 1. The molecule has 0 fully saturated rings. The average Bonchev–Trinajstić information content (AvgIpc) is 3.68. The van der Waals surface area contributed by atoms with Gasteiger partial charge >= 0.3 is 0 Å². The van der Waals surface area contributed by atoms with E-state index in [-0.39, 0.29) is 5.41 Å². The highest BCUT2D eigenvalue weighted by Gasteiger charge is 2.51. The summed E-state index contributed by atoms with van der Waals surface area (Å²) in [6.07, 6.45) is 0.954. The largest absolute Gasteiger partial charge is 0.310 e. The molecular formula is C56H41N. The van der Waals surface area contributed by atoms with Gasteiger partial charge in [0.1, 0.15) is 0 Å². The summed E-state index contributed by atoms with van der Waals surface area (Å²) in [5.41, 5.74) is 20.5. The van der Waals surface area contributed by atoms with Gasteiger partial charge in [0, 0.05) is 16.8 Å². The molecule has 0 heterocycles. The molecule has 1 nitrogen and oxygen atoms in total. The monoisotopic (exact) mass is 727 g/mol. The Kier molecular flexibility index (Phi) is 6.66. The van der Waals surface area contributed by atoms with Gasteiger partial charge in [-0.1, -0.05) is 172 Å². The van der Waals surface area contributed by atoms with Gasteiger partial charge in [0.25, 0.3) is 0 Å². The van der Waals surface area contributed by atoms with E-state index in [0.717, 1.165) is 17.8 Å². The highest BCUT2D eigenvalue weighted by atomic mass is 15.1. The molecule has 3 aliphatic carbocycles. The first-order valence-electron chi connectivity index (χ1n) is 20.4. The highest BCUT2D eigenvalue weighted by Crippen LogP contribution is 2.63. The van der Waals surface area contributed by atoms with Gasteiger partial charge in [-0.2, -0.15) is 0 Å². The summed E-state index contributed by atoms with van der Waals surface area (Å²) < 4.78 is 0. The summed E-state index contributed by atoms with van der Waals surface area (Å²) in [4.78, 5) is 2.56. The fourth-order valence-electron chi connectivity index (χ4n) is 11.3. The van der Waals surface area contributed by atoms with E-state index in [4.69, 9.17) is 0 Å². The molecule has 12 rings (SSSR count). The van der Waals surface area contributed by atoms with E-state index in [2.05, 4.69) is 208 Å². The highest BCUT2D eigenvalue weighted by molar-refractivity contribution is 6.08. The molecule has 0 aliphatic heterocycles. The lowest BCUT2D eigenvalue weighted by Crippen LogP contribution is -2.33. The zero-order chi connectivity index (χ0) is 38.0. The first-order chi connectivity index (χ1) is 28.0. The van der Waals surface area contributed by atoms with Crippen molar-refractivity contribution in [3.8, 4) is 33.4 Å². The molecule has 57 heavy (non-hydrogen) atoms. The molecule has 0 aromatic heterocycles. The van der Waals surface area contributed by atoms with Gasteiger partial charge in [-0.25, -0.2) is 0 Å². The van der Waals surface area contributed by atoms with Crippen LogP contribution in [0.2, 0.25) is 0 Å². The van der Waals surface area contributed by atoms with Crippen LogP contribution in [0.25, 0.3) is 54.9 Å². The third kappa shape index (κ3) is 4.19. The standard InChI is InChI=1S/C56H41N/c1-4-35-27-28-37-17-13-21-45-42-19-9-12-25-49(42)56(53(35)52(37)45)48-24-11-8-18-41(48)44-32-31-40(34-50(44)56)57(39-30-29-36-15-5-6-16-38(36)33-39)51-26-14-22-46-43-20-7-10-23-47(43)55(2,3)54(46)51/h5-34H,4H2,1-3H3. The molecule has 0 amide bonds. The predicted octanol–water partition coefficient (Wildman–Crippen LogP) is 14.7. The van der Waals surface area contributed by atoms with Crippen molar-refractivity contribution in [3.05, 3.63) is 221 Å². The van der Waals surface area contributed by atoms with E-state index in [0.29, 0.717) is 0 Å². The second-order valence-electron chi connectivity index (χ2n) is 16.7. The molecule has 0 saturated carbocycles. The van der Waals surface area contributed by atoms with Gasteiger partial charge in [-0.15, -0.1) is 0 Å². The minimum absolute atomic E-state index is 0.191. The quantitative estimate of drug-likeness (QED) is 0.174. The van der Waals surface area contributed by atoms with Crippen molar-refractivity contribution in [2.45, 2.75) is 38.0 Å². The van der Waals surface area contributed by atoms with Crippen LogP contribution in [-0.2, 0) is 17.3 Å². The van der Waals surface area contributed by atoms with E-state index in [9.17, 15) is 0 Å². The SMILES string of the molecule is CCc1ccc2cccc3c2c1C1(c2ccccc2-c2ccc(N(c4ccc5ccccc5c4)c4cccc5c4C(C)(C)c4ccccc4-5)cc21)c1ccccc1-3. The summed E-state index contributed by atoms with van der Waals surface area (Å²) in [6.45, 7) is 7.12. The van der Waals surface area contributed by atoms with Crippen LogP contribution in [0, 0.1) is 0 Å². The molecule has 270 valence electrons. The van der Waals surface area contributed by atoms with Crippen molar-refractivity contribution in [1.29, 1.82) is 0 Å². The Morgan fingerprint density at radius 3 is 1.72 bits per heavy atom. The summed E-state index contributed by atoms with van der Waals surface area (Å²) in [5.74, 6) is 0. The molecule has 3 aliphatic rings. The van der Waals surface area contributed by atoms with Crippen molar-refractivity contribution in [3.63, 3.8) is 0 Å². The Balaban J connectivity index is 1.20. The average molecular weight is 728 g/mol. The molecule has 0 saturated heterocycles. The van der Waals surface area contributed by atoms with Crippen molar-refractivity contribution in [2.75, 3.05) is 4.90 Å². The van der Waals surface area contributed by atoms with Crippen molar-refractivity contribution in [2.24, 2.45) is 0 Å². The van der Waals surface area contributed by atoms with Crippen LogP contribution in [0.3, 0.4) is 0 Å². The van der Waals surface area contributed by atoms with E-state index < -0.39 is 5.41 Å². The van der Waals surface area contributed by atoms with E-state index >= 15 is 0 Å². The maximum Gasteiger partial charge on any atom is 0.0729 e. The van der Waals surface area contributed by atoms with Gasteiger partial charge in [0.2, 0.25) is 0 Å². The summed E-state index contributed by atoms with van der Waals surface area (Å²) >= 11 is 0. The van der Waals surface area contributed by atoms with Crippen LogP contribution in [0.15, 0.2) is 182 Å². The van der Waals surface area contributed by atoms with Gasteiger partial charge in [0.15, 0.2) is 0 Å². The molecule has 1 spiro atoms. The van der Waals surface area contributed by atoms with Crippen LogP contribution in [0.5, 0.6) is 0 Å². The lowest BCUT2D eigenvalue weighted by Gasteiger charge is -2.41.